The minimum absolute atomic E-state index is 0.799. The monoisotopic (exact) mass is 253 g/mol. The highest BCUT2D eigenvalue weighted by Crippen LogP contribution is 2.18. The van der Waals surface area contributed by atoms with E-state index in [1.807, 2.05) is 24.3 Å². The maximum Gasteiger partial charge on any atom is 0.119 e. The molecule has 0 saturated carbocycles. The third-order valence-electron chi connectivity index (χ3n) is 3.06. The van der Waals surface area contributed by atoms with Crippen molar-refractivity contribution < 1.29 is 4.74 Å². The molecule has 2 nitrogen and oxygen atoms in total. The topological polar surface area (TPSA) is 21.3 Å². The first kappa shape index (κ1) is 13.4. The van der Waals surface area contributed by atoms with E-state index in [1.54, 1.807) is 7.11 Å². The Morgan fingerprint density at radius 2 is 1.89 bits per heavy atom. The van der Waals surface area contributed by atoms with Gasteiger partial charge >= 0.3 is 0 Å². The number of methoxy groups -OCH3 is 1. The first-order chi connectivity index (χ1) is 9.33. The van der Waals surface area contributed by atoms with Crippen LogP contribution in [0, 0.1) is 0 Å². The fourth-order valence-electron chi connectivity index (χ4n) is 2.00. The van der Waals surface area contributed by atoms with Crippen LogP contribution < -0.4 is 10.1 Å². The fourth-order valence-corrected chi connectivity index (χ4v) is 2.00. The lowest BCUT2D eigenvalue weighted by atomic mass is 10.1. The maximum atomic E-state index is 5.26. The first-order valence-electron chi connectivity index (χ1n) is 6.37. The van der Waals surface area contributed by atoms with Crippen molar-refractivity contribution in [3.8, 4) is 5.75 Å². The summed E-state index contributed by atoms with van der Waals surface area (Å²) in [7, 11) is 1.68. The SMILES string of the molecule is C=Cc1ccc(OC)cc1CNCc1ccccc1. The average Bonchev–Trinajstić information content (AvgIpc) is 2.48. The zero-order valence-corrected chi connectivity index (χ0v) is 11.2. The van der Waals surface area contributed by atoms with Crippen LogP contribution in [0.5, 0.6) is 5.75 Å². The molecule has 0 unspecified atom stereocenters. The molecule has 0 aliphatic carbocycles. The van der Waals surface area contributed by atoms with E-state index in [2.05, 4.69) is 42.2 Å². The number of nitrogens with one attached hydrogen (secondary N) is 1. The molecule has 0 aliphatic heterocycles. The standard InChI is InChI=1S/C17H19NO/c1-3-15-9-10-17(19-2)11-16(15)13-18-12-14-7-5-4-6-8-14/h3-11,18H,1,12-13H2,2H3. The molecule has 1 N–H and O–H groups in total. The lowest BCUT2D eigenvalue weighted by molar-refractivity contribution is 0.414. The minimum Gasteiger partial charge on any atom is -0.497 e. The molecule has 0 saturated heterocycles. The second-order valence-corrected chi connectivity index (χ2v) is 4.36. The Bertz CT molecular complexity index is 534. The molecule has 0 radical (unpaired) electrons. The summed E-state index contributed by atoms with van der Waals surface area (Å²) in [4.78, 5) is 0. The number of benzene rings is 2. The molecule has 0 fully saturated rings. The molecular formula is C17H19NO. The van der Waals surface area contributed by atoms with Gasteiger partial charge in [0.2, 0.25) is 0 Å². The number of rotatable bonds is 6. The van der Waals surface area contributed by atoms with E-state index in [-0.39, 0.29) is 0 Å². The molecule has 0 bridgehead atoms. The Morgan fingerprint density at radius 1 is 1.11 bits per heavy atom. The van der Waals surface area contributed by atoms with Gasteiger partial charge in [0, 0.05) is 13.1 Å². The van der Waals surface area contributed by atoms with Gasteiger partial charge in [-0.2, -0.15) is 0 Å². The fraction of sp³-hybridized carbons (Fsp3) is 0.176. The van der Waals surface area contributed by atoms with Crippen molar-refractivity contribution in [1.82, 2.24) is 5.32 Å². The highest BCUT2D eigenvalue weighted by Gasteiger charge is 2.02. The molecular weight excluding hydrogens is 234 g/mol. The molecule has 0 aliphatic rings. The second kappa shape index (κ2) is 6.76. The predicted octanol–water partition coefficient (Wildman–Crippen LogP) is 3.63. The van der Waals surface area contributed by atoms with Crippen molar-refractivity contribution in [3.63, 3.8) is 0 Å². The molecule has 0 heterocycles. The molecule has 0 amide bonds. The molecule has 98 valence electrons. The van der Waals surface area contributed by atoms with Crippen molar-refractivity contribution in [2.45, 2.75) is 13.1 Å². The largest absolute Gasteiger partial charge is 0.497 e. The van der Waals surface area contributed by atoms with Gasteiger partial charge in [-0.25, -0.2) is 0 Å². The lowest BCUT2D eigenvalue weighted by Crippen LogP contribution is -2.13. The van der Waals surface area contributed by atoms with Crippen molar-refractivity contribution in [2.24, 2.45) is 0 Å². The summed E-state index contributed by atoms with van der Waals surface area (Å²) in [6.45, 7) is 5.50. The van der Waals surface area contributed by atoms with Crippen LogP contribution in [0.4, 0.5) is 0 Å². The summed E-state index contributed by atoms with van der Waals surface area (Å²) in [6, 6.07) is 16.4. The van der Waals surface area contributed by atoms with Crippen LogP contribution in [0.1, 0.15) is 16.7 Å². The van der Waals surface area contributed by atoms with Crippen molar-refractivity contribution in [3.05, 3.63) is 71.8 Å². The van der Waals surface area contributed by atoms with E-state index in [0.29, 0.717) is 0 Å². The molecule has 2 heteroatoms. The minimum atomic E-state index is 0.799. The van der Waals surface area contributed by atoms with E-state index in [4.69, 9.17) is 4.74 Å². The van der Waals surface area contributed by atoms with Gasteiger partial charge in [-0.15, -0.1) is 0 Å². The molecule has 2 rings (SSSR count). The highest BCUT2D eigenvalue weighted by molar-refractivity contribution is 5.54. The Morgan fingerprint density at radius 3 is 2.58 bits per heavy atom. The normalized spacial score (nSPS) is 10.2. The van der Waals surface area contributed by atoms with Crippen molar-refractivity contribution in [2.75, 3.05) is 7.11 Å². The van der Waals surface area contributed by atoms with Crippen LogP contribution in [0.15, 0.2) is 55.1 Å². The van der Waals surface area contributed by atoms with E-state index in [9.17, 15) is 0 Å². The quantitative estimate of drug-likeness (QED) is 0.849. The van der Waals surface area contributed by atoms with Gasteiger partial charge in [0.1, 0.15) is 5.75 Å². The third kappa shape index (κ3) is 3.70. The van der Waals surface area contributed by atoms with E-state index < -0.39 is 0 Å². The van der Waals surface area contributed by atoms with Crippen LogP contribution in [-0.2, 0) is 13.1 Å². The van der Waals surface area contributed by atoms with Gasteiger partial charge in [-0.1, -0.05) is 49.1 Å². The molecule has 0 aromatic heterocycles. The summed E-state index contributed by atoms with van der Waals surface area (Å²) in [5.41, 5.74) is 3.62. The smallest absolute Gasteiger partial charge is 0.119 e. The van der Waals surface area contributed by atoms with Crippen LogP contribution in [-0.4, -0.2) is 7.11 Å². The van der Waals surface area contributed by atoms with E-state index >= 15 is 0 Å². The maximum absolute atomic E-state index is 5.26. The Balaban J connectivity index is 2.00. The van der Waals surface area contributed by atoms with Crippen LogP contribution in [0.2, 0.25) is 0 Å². The van der Waals surface area contributed by atoms with Gasteiger partial charge in [-0.3, -0.25) is 0 Å². The summed E-state index contributed by atoms with van der Waals surface area (Å²) in [5, 5.41) is 3.44. The van der Waals surface area contributed by atoms with Crippen LogP contribution in [0.25, 0.3) is 6.08 Å². The molecule has 0 spiro atoms. The summed E-state index contributed by atoms with van der Waals surface area (Å²) in [6.07, 6.45) is 1.87. The van der Waals surface area contributed by atoms with Crippen LogP contribution in [0.3, 0.4) is 0 Å². The van der Waals surface area contributed by atoms with Gasteiger partial charge in [0.05, 0.1) is 7.11 Å². The average molecular weight is 253 g/mol. The number of ether oxygens (including phenoxy) is 1. The molecule has 2 aromatic carbocycles. The molecule has 19 heavy (non-hydrogen) atoms. The zero-order valence-electron chi connectivity index (χ0n) is 11.2. The van der Waals surface area contributed by atoms with Gasteiger partial charge < -0.3 is 10.1 Å². The molecule has 0 atom stereocenters. The van der Waals surface area contributed by atoms with Crippen LogP contribution >= 0.6 is 0 Å². The second-order valence-electron chi connectivity index (χ2n) is 4.36. The Kier molecular flexibility index (Phi) is 4.76. The molecule has 2 aromatic rings. The van der Waals surface area contributed by atoms with Gasteiger partial charge in [0.15, 0.2) is 0 Å². The lowest BCUT2D eigenvalue weighted by Gasteiger charge is -2.10. The Hall–Kier alpha value is -2.06. The van der Waals surface area contributed by atoms with Gasteiger partial charge in [-0.05, 0) is 28.8 Å². The van der Waals surface area contributed by atoms with E-state index in [1.165, 1.54) is 11.1 Å². The first-order valence-corrected chi connectivity index (χ1v) is 6.37. The third-order valence-corrected chi connectivity index (χ3v) is 3.06. The predicted molar refractivity (Wildman–Crippen MR) is 80.1 cm³/mol. The van der Waals surface area contributed by atoms with E-state index in [0.717, 1.165) is 24.4 Å². The summed E-state index contributed by atoms with van der Waals surface area (Å²) < 4.78 is 5.26. The number of hydrogen-bond donors (Lipinski definition) is 1. The highest BCUT2D eigenvalue weighted by atomic mass is 16.5. The van der Waals surface area contributed by atoms with Crippen molar-refractivity contribution in [1.29, 1.82) is 0 Å². The van der Waals surface area contributed by atoms with Gasteiger partial charge in [0.25, 0.3) is 0 Å². The van der Waals surface area contributed by atoms with Crippen molar-refractivity contribution >= 4 is 6.08 Å². The zero-order chi connectivity index (χ0) is 13.5. The Labute approximate surface area is 114 Å². The summed E-state index contributed by atoms with van der Waals surface area (Å²) >= 11 is 0. The number of hydrogen-bond acceptors (Lipinski definition) is 2. The summed E-state index contributed by atoms with van der Waals surface area (Å²) in [5.74, 6) is 0.877.